The lowest BCUT2D eigenvalue weighted by Crippen LogP contribution is -2.59. The molecule has 328 valence electrons. The van der Waals surface area contributed by atoms with Crippen molar-refractivity contribution in [2.45, 2.75) is 122 Å². The molecule has 0 radical (unpaired) electrons. The lowest BCUT2D eigenvalue weighted by atomic mass is 9.85. The van der Waals surface area contributed by atoms with E-state index in [0.717, 1.165) is 23.1 Å². The van der Waals surface area contributed by atoms with Crippen molar-refractivity contribution in [1.82, 2.24) is 34.9 Å². The van der Waals surface area contributed by atoms with Crippen LogP contribution in [0.25, 0.3) is 22.3 Å². The molecular weight excluding hydrogens is 826 g/mol. The van der Waals surface area contributed by atoms with Crippen molar-refractivity contribution in [3.63, 3.8) is 0 Å². The molecule has 0 bridgehead atoms. The number of aryl methyl sites for hydroxylation is 1. The summed E-state index contributed by atoms with van der Waals surface area (Å²) in [5.41, 5.74) is 0.326. The Bertz CT molecular complexity index is 2450. The van der Waals surface area contributed by atoms with E-state index in [0.29, 0.717) is 53.1 Å². The number of likely N-dealkylation sites (tertiary alicyclic amines) is 1. The zero-order valence-electron chi connectivity index (χ0n) is 35.9. The van der Waals surface area contributed by atoms with Crippen LogP contribution in [0.1, 0.15) is 86.1 Å². The van der Waals surface area contributed by atoms with Crippen LogP contribution >= 0.6 is 11.3 Å². The first-order chi connectivity index (χ1) is 28.7. The number of benzene rings is 1. The maximum Gasteiger partial charge on any atom is 0.259 e. The lowest BCUT2D eigenvalue weighted by molar-refractivity contribution is -0.141. The highest BCUT2D eigenvalue weighted by molar-refractivity contribution is 7.91. The summed E-state index contributed by atoms with van der Waals surface area (Å²) in [7, 11) is -2.41. The highest BCUT2D eigenvalue weighted by atomic mass is 32.2. The molecule has 4 heterocycles. The molecule has 61 heavy (non-hydrogen) atoms. The van der Waals surface area contributed by atoms with E-state index in [-0.39, 0.29) is 37.3 Å². The van der Waals surface area contributed by atoms with Crippen LogP contribution in [0, 0.1) is 24.1 Å². The highest BCUT2D eigenvalue weighted by Gasteiger charge is 2.63. The van der Waals surface area contributed by atoms with Gasteiger partial charge in [-0.25, -0.2) is 32.7 Å². The van der Waals surface area contributed by atoms with Crippen LogP contribution in [0.3, 0.4) is 0 Å². The minimum Gasteiger partial charge on any atom is -0.496 e. The van der Waals surface area contributed by atoms with E-state index in [4.69, 9.17) is 19.4 Å². The summed E-state index contributed by atoms with van der Waals surface area (Å²) in [4.78, 5) is 62.6. The van der Waals surface area contributed by atoms with Crippen molar-refractivity contribution in [3.05, 3.63) is 47.4 Å². The number of ether oxygens (including phenoxy) is 2. The number of carbonyl (C=O) groups excluding carboxylic acids is 3. The molecule has 4 N–H and O–H groups in total. The van der Waals surface area contributed by atoms with Crippen LogP contribution in [0.4, 0.5) is 15.5 Å². The predicted molar refractivity (Wildman–Crippen MR) is 230 cm³/mol. The lowest BCUT2D eigenvalue weighted by Gasteiger charge is -2.35. The van der Waals surface area contributed by atoms with Gasteiger partial charge in [0.1, 0.15) is 40.9 Å². The maximum atomic E-state index is 14.9. The molecule has 3 aromatic heterocycles. The topological polar surface area (TPSA) is 207 Å². The van der Waals surface area contributed by atoms with Gasteiger partial charge in [0.25, 0.3) is 5.91 Å². The number of thiazole rings is 1. The molecule has 0 unspecified atom stereocenters. The summed E-state index contributed by atoms with van der Waals surface area (Å²) in [6, 6.07) is 3.49. The number of hydrogen-bond donors (Lipinski definition) is 4. The molecule has 3 aliphatic rings. The van der Waals surface area contributed by atoms with E-state index in [9.17, 15) is 27.2 Å². The minimum atomic E-state index is -4.00. The summed E-state index contributed by atoms with van der Waals surface area (Å²) in [5, 5.41) is 12.6. The van der Waals surface area contributed by atoms with Crippen molar-refractivity contribution < 1.29 is 36.7 Å². The highest BCUT2D eigenvalue weighted by Crippen LogP contribution is 2.48. The first kappa shape index (κ1) is 43.9. The molecule has 5 atom stereocenters. The summed E-state index contributed by atoms with van der Waals surface area (Å²) in [6.45, 7) is 14.9. The Hall–Kier alpha value is -5.17. The number of rotatable bonds is 15. The number of nitrogens with one attached hydrogen (secondary N) is 4. The van der Waals surface area contributed by atoms with Crippen LogP contribution in [-0.4, -0.2) is 99.1 Å². The van der Waals surface area contributed by atoms with E-state index in [1.54, 1.807) is 20.1 Å². The number of fused-ring (bicyclic) bond motifs is 1. The molecule has 3 amide bonds. The molecule has 16 nitrogen and oxygen atoms in total. The van der Waals surface area contributed by atoms with Crippen LogP contribution < -0.4 is 30.1 Å². The van der Waals surface area contributed by atoms with E-state index < -0.39 is 67.5 Å². The Morgan fingerprint density at radius 3 is 2.38 bits per heavy atom. The number of carbonyl (C=O) groups is 3. The third kappa shape index (κ3) is 8.81. The Labute approximate surface area is 359 Å². The molecule has 1 aliphatic heterocycles. The number of sulfonamides is 1. The van der Waals surface area contributed by atoms with Gasteiger partial charge in [-0.3, -0.25) is 19.1 Å². The van der Waals surface area contributed by atoms with Gasteiger partial charge in [-0.15, -0.1) is 11.3 Å². The van der Waals surface area contributed by atoms with E-state index in [1.807, 2.05) is 66.0 Å². The van der Waals surface area contributed by atoms with Crippen LogP contribution in [0.5, 0.6) is 11.5 Å². The summed E-state index contributed by atoms with van der Waals surface area (Å²) >= 11 is 1.45. The first-order valence-electron chi connectivity index (χ1n) is 20.5. The molecule has 3 fully saturated rings. The molecular formula is C42H54FN9O7S2. The number of halogens is 1. The predicted octanol–water partition coefficient (Wildman–Crippen LogP) is 5.58. The Balaban J connectivity index is 1.24. The fourth-order valence-corrected chi connectivity index (χ4v) is 9.98. The molecule has 7 rings (SSSR count). The van der Waals surface area contributed by atoms with E-state index in [2.05, 4.69) is 30.6 Å². The number of nitrogens with zero attached hydrogens (tertiary/aromatic N) is 5. The summed E-state index contributed by atoms with van der Waals surface area (Å²) in [6.07, 6.45) is 2.87. The fourth-order valence-electron chi connectivity index (χ4n) is 7.81. The summed E-state index contributed by atoms with van der Waals surface area (Å²) in [5.74, 6) is -1.77. The second-order valence-corrected chi connectivity index (χ2v) is 21.0. The zero-order valence-corrected chi connectivity index (χ0v) is 37.5. The normalized spacial score (nSPS) is 22.4. The number of anilines is 2. The van der Waals surface area contributed by atoms with Gasteiger partial charge < -0.3 is 30.3 Å². The van der Waals surface area contributed by atoms with Gasteiger partial charge >= 0.3 is 0 Å². The third-order valence-corrected chi connectivity index (χ3v) is 14.8. The third-order valence-electron chi connectivity index (χ3n) is 11.9. The first-order valence-corrected chi connectivity index (χ1v) is 22.9. The standard InChI is InChI=1S/C42H54FN9O7S2/c1-10-24-17-42(24,37(55)51-61(56,57)41(8)13-14-41)50-35(53)30-15-26(20-52(30)36(54)34(40(5,6)7)49-38-44-18-25(43)19-45-38)59-32-16-28(29-21-60-39(48-29)46-22(2)3)47-33-23(4)31(58-9)12-11-27(32)33/h11-12,16,18-19,21-22,24,26,30,34H,10,13-15,17,20H2,1-9H3,(H,46,48)(H,50,53)(H,51,55)(H,44,45,49)/t24-,26-,30+,34-,42-/m1/s1. The molecule has 1 saturated heterocycles. The number of aromatic nitrogens is 4. The summed E-state index contributed by atoms with van der Waals surface area (Å²) < 4.78 is 53.8. The largest absolute Gasteiger partial charge is 0.496 e. The SMILES string of the molecule is CC[C@@H]1C[C@]1(NC(=O)[C@@H]1C[C@@H](Oc2cc(-c3csc(NC(C)C)n3)nc3c(C)c(OC)ccc23)CN1C(=O)[C@@H](Nc1ncc(F)cn1)C(C)(C)C)C(=O)NS(=O)(=O)C1(C)CC1. The van der Waals surface area contributed by atoms with Crippen LogP contribution in [0.15, 0.2) is 36.0 Å². The average molecular weight is 880 g/mol. The van der Waals surface area contributed by atoms with Gasteiger partial charge in [0.2, 0.25) is 27.8 Å². The zero-order chi connectivity index (χ0) is 44.2. The second kappa shape index (κ2) is 16.3. The minimum absolute atomic E-state index is 0.0167. The Morgan fingerprint density at radius 1 is 1.07 bits per heavy atom. The molecule has 2 aliphatic carbocycles. The van der Waals surface area contributed by atoms with Crippen molar-refractivity contribution in [3.8, 4) is 22.9 Å². The van der Waals surface area contributed by atoms with Gasteiger partial charge in [-0.05, 0) is 70.4 Å². The van der Waals surface area contributed by atoms with Gasteiger partial charge in [0.15, 0.2) is 10.9 Å². The van der Waals surface area contributed by atoms with Crippen LogP contribution in [-0.2, 0) is 24.4 Å². The average Bonchev–Trinajstić information content (AvgIpc) is 4.00. The van der Waals surface area contributed by atoms with Crippen molar-refractivity contribution in [1.29, 1.82) is 0 Å². The van der Waals surface area contributed by atoms with E-state index in [1.165, 1.54) is 16.2 Å². The smallest absolute Gasteiger partial charge is 0.259 e. The van der Waals surface area contributed by atoms with Crippen LogP contribution in [0.2, 0.25) is 0 Å². The van der Waals surface area contributed by atoms with Gasteiger partial charge in [-0.2, -0.15) is 0 Å². The van der Waals surface area contributed by atoms with E-state index >= 15 is 0 Å². The van der Waals surface area contributed by atoms with Gasteiger partial charge in [0, 0.05) is 34.9 Å². The molecule has 0 spiro atoms. The van der Waals surface area contributed by atoms with Crippen molar-refractivity contribution in [2.75, 3.05) is 24.3 Å². The molecule has 4 aromatic rings. The number of methoxy groups -OCH3 is 1. The molecule has 1 aromatic carbocycles. The Morgan fingerprint density at radius 2 is 1.77 bits per heavy atom. The van der Waals surface area contributed by atoms with Crippen molar-refractivity contribution in [2.24, 2.45) is 11.3 Å². The maximum absolute atomic E-state index is 14.9. The molecule has 19 heteroatoms. The van der Waals surface area contributed by atoms with Crippen molar-refractivity contribution >= 4 is 61.1 Å². The van der Waals surface area contributed by atoms with Gasteiger partial charge in [0.05, 0.1) is 42.0 Å². The molecule has 2 saturated carbocycles. The van der Waals surface area contributed by atoms with Gasteiger partial charge in [-0.1, -0.05) is 34.1 Å². The number of pyridine rings is 1. The Kier molecular flexibility index (Phi) is 11.7. The monoisotopic (exact) mass is 879 g/mol. The second-order valence-electron chi connectivity index (χ2n) is 17.9. The number of amides is 3. The number of hydrogen-bond acceptors (Lipinski definition) is 14. The quantitative estimate of drug-likeness (QED) is 0.115. The fraction of sp³-hybridized carbons (Fsp3) is 0.548.